The Hall–Kier alpha value is -1.48. The number of Topliss-reactive ketones (excluding diaryl/α,β-unsaturated/α-hetero) is 1. The maximum Gasteiger partial charge on any atom is 0.130 e. The van der Waals surface area contributed by atoms with Gasteiger partial charge in [0.25, 0.3) is 0 Å². The third kappa shape index (κ3) is 3.24. The number of halogens is 1. The second-order valence-electron chi connectivity index (χ2n) is 3.98. The van der Waals surface area contributed by atoms with E-state index >= 15 is 0 Å². The topological polar surface area (TPSA) is 17.1 Å². The summed E-state index contributed by atoms with van der Waals surface area (Å²) < 4.78 is 14.6. The molecule has 2 rings (SSSR count). The molecular formula is C14H13FOS. The summed E-state index contributed by atoms with van der Waals surface area (Å²) in [5.74, 6) is -0.211. The van der Waals surface area contributed by atoms with Crippen molar-refractivity contribution in [1.29, 1.82) is 0 Å². The van der Waals surface area contributed by atoms with Gasteiger partial charge in [0.2, 0.25) is 0 Å². The smallest absolute Gasteiger partial charge is 0.130 e. The van der Waals surface area contributed by atoms with E-state index in [0.29, 0.717) is 0 Å². The summed E-state index contributed by atoms with van der Waals surface area (Å²) in [5.41, 5.74) is 0. The van der Waals surface area contributed by atoms with Gasteiger partial charge in [-0.05, 0) is 30.5 Å². The summed E-state index contributed by atoms with van der Waals surface area (Å²) in [7, 11) is 0. The van der Waals surface area contributed by atoms with Crippen molar-refractivity contribution >= 4 is 33.3 Å². The molecule has 0 fully saturated rings. The zero-order chi connectivity index (χ0) is 12.3. The van der Waals surface area contributed by atoms with Crippen LogP contribution >= 0.6 is 11.3 Å². The molecule has 0 radical (unpaired) electrons. The lowest BCUT2D eigenvalue weighted by atomic mass is 10.2. The van der Waals surface area contributed by atoms with Gasteiger partial charge in [-0.3, -0.25) is 0 Å². The standard InChI is InChI=1S/C14H13FOS/c1-10(16)6-7-12(15)9-13-8-11-4-2-3-5-14(11)17-13/h2-5,8-9H,6-7H2,1H3/b12-9-. The van der Waals surface area contributed by atoms with Crippen LogP contribution in [0.2, 0.25) is 0 Å². The second kappa shape index (κ2) is 5.23. The van der Waals surface area contributed by atoms with Gasteiger partial charge in [0.15, 0.2) is 0 Å². The van der Waals surface area contributed by atoms with E-state index < -0.39 is 0 Å². The maximum atomic E-state index is 13.5. The molecule has 88 valence electrons. The summed E-state index contributed by atoms with van der Waals surface area (Å²) in [6.45, 7) is 1.48. The van der Waals surface area contributed by atoms with Crippen LogP contribution in [0.5, 0.6) is 0 Å². The molecule has 0 aliphatic rings. The van der Waals surface area contributed by atoms with Crippen molar-refractivity contribution in [2.45, 2.75) is 19.8 Å². The Kier molecular flexibility index (Phi) is 3.69. The van der Waals surface area contributed by atoms with Crippen molar-refractivity contribution in [1.82, 2.24) is 0 Å². The molecule has 0 saturated carbocycles. The van der Waals surface area contributed by atoms with Crippen molar-refractivity contribution in [2.75, 3.05) is 0 Å². The summed E-state index contributed by atoms with van der Waals surface area (Å²) in [6.07, 6.45) is 1.99. The van der Waals surface area contributed by atoms with E-state index in [0.717, 1.165) is 15.0 Å². The van der Waals surface area contributed by atoms with Crippen LogP contribution < -0.4 is 0 Å². The molecule has 1 nitrogen and oxygen atoms in total. The summed E-state index contributed by atoms with van der Waals surface area (Å²) >= 11 is 1.56. The molecule has 0 bridgehead atoms. The van der Waals surface area contributed by atoms with Crippen LogP contribution in [0.3, 0.4) is 0 Å². The fourth-order valence-electron chi connectivity index (χ4n) is 1.60. The minimum atomic E-state index is -0.230. The first-order valence-electron chi connectivity index (χ1n) is 5.49. The fraction of sp³-hybridized carbons (Fsp3) is 0.214. The molecule has 1 heterocycles. The average Bonchev–Trinajstić information content (AvgIpc) is 2.68. The van der Waals surface area contributed by atoms with E-state index in [9.17, 15) is 9.18 Å². The summed E-state index contributed by atoms with van der Waals surface area (Å²) in [6, 6.07) is 9.93. The van der Waals surface area contributed by atoms with Gasteiger partial charge in [-0.2, -0.15) is 0 Å². The first kappa shape index (κ1) is 12.0. The van der Waals surface area contributed by atoms with Crippen LogP contribution in [0.25, 0.3) is 16.2 Å². The molecule has 0 aliphatic carbocycles. The van der Waals surface area contributed by atoms with Gasteiger partial charge in [-0.15, -0.1) is 11.3 Å². The number of allylic oxidation sites excluding steroid dienone is 1. The zero-order valence-corrected chi connectivity index (χ0v) is 10.4. The number of carbonyl (C=O) groups is 1. The van der Waals surface area contributed by atoms with Gasteiger partial charge in [0.1, 0.15) is 11.6 Å². The number of thiophene rings is 1. The van der Waals surface area contributed by atoms with Crippen LogP contribution in [0, 0.1) is 0 Å². The quantitative estimate of drug-likeness (QED) is 0.774. The number of hydrogen-bond acceptors (Lipinski definition) is 2. The van der Waals surface area contributed by atoms with E-state index in [1.807, 2.05) is 30.3 Å². The second-order valence-corrected chi connectivity index (χ2v) is 5.10. The molecule has 0 atom stereocenters. The summed E-state index contributed by atoms with van der Waals surface area (Å²) in [4.78, 5) is 11.6. The Morgan fingerprint density at radius 2 is 2.12 bits per heavy atom. The molecule has 0 spiro atoms. The third-order valence-corrected chi connectivity index (χ3v) is 3.52. The molecule has 0 aliphatic heterocycles. The number of rotatable bonds is 4. The highest BCUT2D eigenvalue weighted by Crippen LogP contribution is 2.27. The van der Waals surface area contributed by atoms with Crippen LogP contribution in [0.4, 0.5) is 4.39 Å². The molecule has 0 amide bonds. The Bertz CT molecular complexity index is 535. The molecule has 17 heavy (non-hydrogen) atoms. The minimum absolute atomic E-state index is 0.0184. The molecule has 1 aromatic carbocycles. The average molecular weight is 248 g/mol. The largest absolute Gasteiger partial charge is 0.300 e. The molecule has 0 saturated heterocycles. The molecular weight excluding hydrogens is 235 g/mol. The summed E-state index contributed by atoms with van der Waals surface area (Å²) in [5, 5.41) is 1.13. The Morgan fingerprint density at radius 1 is 1.35 bits per heavy atom. The van der Waals surface area contributed by atoms with Gasteiger partial charge in [0.05, 0.1) is 0 Å². The highest BCUT2D eigenvalue weighted by atomic mass is 32.1. The SMILES string of the molecule is CC(=O)CC/C(F)=C/c1cc2ccccc2s1. The molecule has 3 heteroatoms. The van der Waals surface area contributed by atoms with Crippen LogP contribution in [-0.2, 0) is 4.79 Å². The lowest BCUT2D eigenvalue weighted by Crippen LogP contribution is -1.88. The van der Waals surface area contributed by atoms with Crippen molar-refractivity contribution in [2.24, 2.45) is 0 Å². The molecule has 1 aromatic heterocycles. The molecule has 0 N–H and O–H groups in total. The molecule has 0 unspecified atom stereocenters. The van der Waals surface area contributed by atoms with E-state index in [-0.39, 0.29) is 24.5 Å². The van der Waals surface area contributed by atoms with Gasteiger partial charge in [0, 0.05) is 22.4 Å². The third-order valence-electron chi connectivity index (χ3n) is 2.46. The predicted molar refractivity (Wildman–Crippen MR) is 70.8 cm³/mol. The lowest BCUT2D eigenvalue weighted by Gasteiger charge is -1.93. The fourth-order valence-corrected chi connectivity index (χ4v) is 2.61. The van der Waals surface area contributed by atoms with Crippen molar-refractivity contribution < 1.29 is 9.18 Å². The normalized spacial score (nSPS) is 12.0. The minimum Gasteiger partial charge on any atom is -0.300 e. The van der Waals surface area contributed by atoms with E-state index in [2.05, 4.69) is 0 Å². The predicted octanol–water partition coefficient (Wildman–Crippen LogP) is 4.58. The van der Waals surface area contributed by atoms with Crippen LogP contribution in [-0.4, -0.2) is 5.78 Å². The highest BCUT2D eigenvalue weighted by molar-refractivity contribution is 7.19. The van der Waals surface area contributed by atoms with Crippen LogP contribution in [0.15, 0.2) is 36.2 Å². The van der Waals surface area contributed by atoms with Crippen molar-refractivity contribution in [3.63, 3.8) is 0 Å². The Morgan fingerprint density at radius 3 is 2.82 bits per heavy atom. The van der Waals surface area contributed by atoms with Gasteiger partial charge >= 0.3 is 0 Å². The van der Waals surface area contributed by atoms with Gasteiger partial charge < -0.3 is 4.79 Å². The van der Waals surface area contributed by atoms with E-state index in [1.54, 1.807) is 11.3 Å². The number of fused-ring (bicyclic) bond motifs is 1. The maximum absolute atomic E-state index is 13.5. The Labute approximate surface area is 104 Å². The number of benzene rings is 1. The monoisotopic (exact) mass is 248 g/mol. The van der Waals surface area contributed by atoms with E-state index in [1.165, 1.54) is 13.0 Å². The highest BCUT2D eigenvalue weighted by Gasteiger charge is 2.02. The Balaban J connectivity index is 2.16. The van der Waals surface area contributed by atoms with E-state index in [4.69, 9.17) is 0 Å². The zero-order valence-electron chi connectivity index (χ0n) is 9.57. The van der Waals surface area contributed by atoms with Crippen molar-refractivity contribution in [3.8, 4) is 0 Å². The number of hydrogen-bond donors (Lipinski definition) is 0. The number of ketones is 1. The lowest BCUT2D eigenvalue weighted by molar-refractivity contribution is -0.117. The van der Waals surface area contributed by atoms with Gasteiger partial charge in [-0.25, -0.2) is 4.39 Å². The van der Waals surface area contributed by atoms with Gasteiger partial charge in [-0.1, -0.05) is 18.2 Å². The van der Waals surface area contributed by atoms with Crippen LogP contribution in [0.1, 0.15) is 24.6 Å². The first-order chi connectivity index (χ1) is 8.15. The molecule has 2 aromatic rings. The number of carbonyl (C=O) groups excluding carboxylic acids is 1. The first-order valence-corrected chi connectivity index (χ1v) is 6.31. The van der Waals surface area contributed by atoms with Crippen molar-refractivity contribution in [3.05, 3.63) is 41.0 Å².